The number of hydrogen-bond acceptors (Lipinski definition) is 2. The van der Waals surface area contributed by atoms with Crippen LogP contribution in [0.5, 0.6) is 0 Å². The van der Waals surface area contributed by atoms with Crippen molar-refractivity contribution in [3.8, 4) is 0 Å². The lowest BCUT2D eigenvalue weighted by molar-refractivity contribution is -0.116. The Kier molecular flexibility index (Phi) is 2.21. The van der Waals surface area contributed by atoms with Crippen LogP contribution in [0, 0.1) is 17.6 Å². The number of amides is 1. The summed E-state index contributed by atoms with van der Waals surface area (Å²) in [5.74, 6) is -1.30. The summed E-state index contributed by atoms with van der Waals surface area (Å²) in [5.41, 5.74) is 0.839. The van der Waals surface area contributed by atoms with E-state index in [9.17, 15) is 13.6 Å². The molecule has 5 heteroatoms. The molecule has 1 aromatic rings. The van der Waals surface area contributed by atoms with Gasteiger partial charge in [0.2, 0.25) is 0 Å². The van der Waals surface area contributed by atoms with E-state index in [1.807, 2.05) is 0 Å². The van der Waals surface area contributed by atoms with Crippen LogP contribution in [0.2, 0.25) is 0 Å². The highest BCUT2D eigenvalue weighted by Gasteiger charge is 2.36. The number of halogens is 2. The molecule has 88 valence electrons. The van der Waals surface area contributed by atoms with Gasteiger partial charge in [0.1, 0.15) is 11.5 Å². The monoisotopic (exact) mass is 236 g/mol. The molecule has 0 unspecified atom stereocenters. The second-order valence-electron chi connectivity index (χ2n) is 4.34. The standard InChI is InChI=1S/C12H10F2N2O/c13-8-3-4-11(9(14)5-8)16-12(17)6-10(15-16)7-1-2-7/h3-5,7H,1-2,6H2. The van der Waals surface area contributed by atoms with Crippen LogP contribution in [0.4, 0.5) is 14.5 Å². The molecule has 1 aliphatic heterocycles. The smallest absolute Gasteiger partial charge is 0.253 e. The molecule has 1 amide bonds. The van der Waals surface area contributed by atoms with Crippen molar-refractivity contribution >= 4 is 17.3 Å². The molecule has 0 atom stereocenters. The van der Waals surface area contributed by atoms with Crippen molar-refractivity contribution in [3.05, 3.63) is 29.8 Å². The maximum Gasteiger partial charge on any atom is 0.253 e. The number of anilines is 1. The molecule has 1 saturated carbocycles. The van der Waals surface area contributed by atoms with Crippen molar-refractivity contribution in [3.63, 3.8) is 0 Å². The predicted molar refractivity (Wildman–Crippen MR) is 58.6 cm³/mol. The van der Waals surface area contributed by atoms with E-state index in [2.05, 4.69) is 5.10 Å². The fourth-order valence-electron chi connectivity index (χ4n) is 1.93. The molecule has 0 N–H and O–H groups in total. The third-order valence-electron chi connectivity index (χ3n) is 2.98. The summed E-state index contributed by atoms with van der Waals surface area (Å²) in [5, 5.41) is 5.17. The SMILES string of the molecule is O=C1CC(C2CC2)=NN1c1ccc(F)cc1F. The largest absolute Gasteiger partial charge is 0.272 e. The van der Waals surface area contributed by atoms with Gasteiger partial charge < -0.3 is 0 Å². The minimum atomic E-state index is -0.765. The highest BCUT2D eigenvalue weighted by Crippen LogP contribution is 2.35. The van der Waals surface area contributed by atoms with Crippen molar-refractivity contribution in [2.75, 3.05) is 5.01 Å². The van der Waals surface area contributed by atoms with E-state index in [1.165, 1.54) is 6.07 Å². The third kappa shape index (κ3) is 1.81. The highest BCUT2D eigenvalue weighted by molar-refractivity contribution is 6.14. The molecule has 0 saturated heterocycles. The summed E-state index contributed by atoms with van der Waals surface area (Å²) in [6, 6.07) is 3.12. The van der Waals surface area contributed by atoms with Crippen LogP contribution in [-0.4, -0.2) is 11.6 Å². The fourth-order valence-corrected chi connectivity index (χ4v) is 1.93. The number of carbonyl (C=O) groups excluding carboxylic acids is 1. The molecular weight excluding hydrogens is 226 g/mol. The van der Waals surface area contributed by atoms with Crippen LogP contribution in [0.1, 0.15) is 19.3 Å². The van der Waals surface area contributed by atoms with E-state index in [-0.39, 0.29) is 18.0 Å². The Morgan fingerprint density at radius 3 is 2.71 bits per heavy atom. The Morgan fingerprint density at radius 2 is 2.06 bits per heavy atom. The van der Waals surface area contributed by atoms with Crippen LogP contribution in [-0.2, 0) is 4.79 Å². The van der Waals surface area contributed by atoms with Gasteiger partial charge in [0.25, 0.3) is 5.91 Å². The van der Waals surface area contributed by atoms with Crippen LogP contribution < -0.4 is 5.01 Å². The third-order valence-corrected chi connectivity index (χ3v) is 2.98. The lowest BCUT2D eigenvalue weighted by Crippen LogP contribution is -2.20. The second-order valence-corrected chi connectivity index (χ2v) is 4.34. The van der Waals surface area contributed by atoms with Crippen molar-refractivity contribution in [1.82, 2.24) is 0 Å². The van der Waals surface area contributed by atoms with Gasteiger partial charge in [-0.15, -0.1) is 0 Å². The maximum atomic E-state index is 13.5. The van der Waals surface area contributed by atoms with Gasteiger partial charge in [-0.1, -0.05) is 0 Å². The minimum absolute atomic E-state index is 0.0204. The molecule has 0 spiro atoms. The second kappa shape index (κ2) is 3.61. The average Bonchev–Trinajstić information content (AvgIpc) is 3.04. The van der Waals surface area contributed by atoms with E-state index >= 15 is 0 Å². The maximum absolute atomic E-state index is 13.5. The predicted octanol–water partition coefficient (Wildman–Crippen LogP) is 2.47. The Morgan fingerprint density at radius 1 is 1.29 bits per heavy atom. The van der Waals surface area contributed by atoms with E-state index < -0.39 is 11.6 Å². The average molecular weight is 236 g/mol. The van der Waals surface area contributed by atoms with E-state index in [1.54, 1.807) is 0 Å². The minimum Gasteiger partial charge on any atom is -0.272 e. The van der Waals surface area contributed by atoms with E-state index in [0.29, 0.717) is 5.92 Å². The Labute approximate surface area is 96.7 Å². The number of rotatable bonds is 2. The van der Waals surface area contributed by atoms with Gasteiger partial charge >= 0.3 is 0 Å². The molecule has 1 aromatic carbocycles. The number of hydrazone groups is 1. The van der Waals surface area contributed by atoms with Crippen molar-refractivity contribution < 1.29 is 13.6 Å². The van der Waals surface area contributed by atoms with Crippen LogP contribution in [0.3, 0.4) is 0 Å². The van der Waals surface area contributed by atoms with Crippen LogP contribution in [0.15, 0.2) is 23.3 Å². The lowest BCUT2D eigenvalue weighted by atomic mass is 10.2. The first-order chi connectivity index (χ1) is 8.15. The first-order valence-corrected chi connectivity index (χ1v) is 5.50. The number of nitrogens with zero attached hydrogens (tertiary/aromatic N) is 2. The van der Waals surface area contributed by atoms with Gasteiger partial charge in [-0.3, -0.25) is 4.79 Å². The first kappa shape index (κ1) is 10.4. The zero-order valence-electron chi connectivity index (χ0n) is 8.99. The van der Waals surface area contributed by atoms with Gasteiger partial charge in [-0.25, -0.2) is 8.78 Å². The molecule has 1 fully saturated rings. The molecule has 1 aliphatic carbocycles. The summed E-state index contributed by atoms with van der Waals surface area (Å²) in [6.07, 6.45) is 2.35. The topological polar surface area (TPSA) is 32.7 Å². The molecule has 0 aromatic heterocycles. The molecule has 2 aliphatic rings. The Hall–Kier alpha value is -1.78. The summed E-state index contributed by atoms with van der Waals surface area (Å²) >= 11 is 0. The first-order valence-electron chi connectivity index (χ1n) is 5.50. The molecule has 17 heavy (non-hydrogen) atoms. The summed E-state index contributed by atoms with van der Waals surface area (Å²) in [6.45, 7) is 0. The summed E-state index contributed by atoms with van der Waals surface area (Å²) in [7, 11) is 0. The fraction of sp³-hybridized carbons (Fsp3) is 0.333. The molecule has 0 radical (unpaired) electrons. The molecule has 3 rings (SSSR count). The van der Waals surface area contributed by atoms with Crippen LogP contribution in [0.25, 0.3) is 0 Å². The van der Waals surface area contributed by atoms with Gasteiger partial charge in [0.15, 0.2) is 5.82 Å². The van der Waals surface area contributed by atoms with Crippen molar-refractivity contribution in [2.24, 2.45) is 11.0 Å². The summed E-state index contributed by atoms with van der Waals surface area (Å²) < 4.78 is 26.3. The molecular formula is C12H10F2N2O. The summed E-state index contributed by atoms with van der Waals surface area (Å²) in [4.78, 5) is 11.7. The number of carbonyl (C=O) groups is 1. The highest BCUT2D eigenvalue weighted by atomic mass is 19.1. The number of hydrogen-bond donors (Lipinski definition) is 0. The van der Waals surface area contributed by atoms with Gasteiger partial charge in [-0.05, 0) is 30.9 Å². The Bertz CT molecular complexity index is 523. The van der Waals surface area contributed by atoms with Crippen LogP contribution >= 0.6 is 0 Å². The zero-order chi connectivity index (χ0) is 12.0. The Balaban J connectivity index is 1.95. The van der Waals surface area contributed by atoms with Crippen molar-refractivity contribution in [1.29, 1.82) is 0 Å². The molecule has 3 nitrogen and oxygen atoms in total. The zero-order valence-corrected chi connectivity index (χ0v) is 8.99. The molecule has 0 bridgehead atoms. The van der Waals surface area contributed by atoms with E-state index in [4.69, 9.17) is 0 Å². The van der Waals surface area contributed by atoms with Crippen molar-refractivity contribution in [2.45, 2.75) is 19.3 Å². The van der Waals surface area contributed by atoms with E-state index in [0.717, 1.165) is 35.7 Å². The van der Waals surface area contributed by atoms with Gasteiger partial charge in [-0.2, -0.15) is 10.1 Å². The molecule has 1 heterocycles. The number of benzene rings is 1. The quantitative estimate of drug-likeness (QED) is 0.776. The lowest BCUT2D eigenvalue weighted by Gasteiger charge is -2.12. The van der Waals surface area contributed by atoms with Gasteiger partial charge in [0.05, 0.1) is 12.1 Å². The van der Waals surface area contributed by atoms with Gasteiger partial charge in [0, 0.05) is 6.07 Å². The normalized spacial score (nSPS) is 19.8.